The quantitative estimate of drug-likeness (QED) is 0.738. The van der Waals surface area contributed by atoms with Gasteiger partial charge in [-0.05, 0) is 25.0 Å². The predicted molar refractivity (Wildman–Crippen MR) is 101 cm³/mol. The monoisotopic (exact) mass is 382 g/mol. The predicted octanol–water partition coefficient (Wildman–Crippen LogP) is 2.54. The van der Waals surface area contributed by atoms with Gasteiger partial charge in [0.1, 0.15) is 6.04 Å². The first-order chi connectivity index (χ1) is 13.5. The van der Waals surface area contributed by atoms with E-state index in [9.17, 15) is 19.8 Å². The third-order valence-electron chi connectivity index (χ3n) is 6.74. The molecule has 1 saturated heterocycles. The number of carboxylic acids is 2. The summed E-state index contributed by atoms with van der Waals surface area (Å²) in [6.45, 7) is 2.44. The summed E-state index contributed by atoms with van der Waals surface area (Å²) >= 11 is 0. The van der Waals surface area contributed by atoms with Gasteiger partial charge < -0.3 is 19.9 Å². The smallest absolute Gasteiger partial charge is 0.334 e. The highest BCUT2D eigenvalue weighted by molar-refractivity contribution is 5.88. The van der Waals surface area contributed by atoms with Gasteiger partial charge in [0.25, 0.3) is 0 Å². The lowest BCUT2D eigenvalue weighted by Gasteiger charge is -2.51. The SMILES string of the molecule is C[C@@H]1OC=C(C(=O)O)[C@H]2C[C@H]3c4[nH]c5ccccc5c4C[C@@H](C(=O)O)N3C[C@@H]12. The lowest BCUT2D eigenvalue weighted by Crippen LogP contribution is -2.57. The van der Waals surface area contributed by atoms with E-state index < -0.39 is 18.0 Å². The second-order valence-corrected chi connectivity index (χ2v) is 8.06. The Labute approximate surface area is 161 Å². The molecule has 7 heteroatoms. The molecule has 3 aliphatic heterocycles. The largest absolute Gasteiger partial charge is 0.497 e. The van der Waals surface area contributed by atoms with E-state index in [2.05, 4.69) is 4.98 Å². The number of piperidine rings is 1. The highest BCUT2D eigenvalue weighted by Crippen LogP contribution is 2.49. The van der Waals surface area contributed by atoms with Gasteiger partial charge in [-0.1, -0.05) is 18.2 Å². The molecule has 1 aromatic heterocycles. The Hall–Kier alpha value is -2.80. The average molecular weight is 382 g/mol. The van der Waals surface area contributed by atoms with Crippen LogP contribution in [0.2, 0.25) is 0 Å². The number of H-pyrrole nitrogens is 1. The summed E-state index contributed by atoms with van der Waals surface area (Å²) in [4.78, 5) is 29.4. The van der Waals surface area contributed by atoms with Crippen LogP contribution in [0.5, 0.6) is 0 Å². The summed E-state index contributed by atoms with van der Waals surface area (Å²) in [7, 11) is 0. The molecule has 2 aromatic rings. The third-order valence-corrected chi connectivity index (χ3v) is 6.74. The molecule has 0 unspecified atom stereocenters. The van der Waals surface area contributed by atoms with Gasteiger partial charge in [0.2, 0.25) is 0 Å². The maximum Gasteiger partial charge on any atom is 0.334 e. The number of ether oxygens (including phenoxy) is 1. The number of hydrogen-bond donors (Lipinski definition) is 3. The zero-order valence-electron chi connectivity index (χ0n) is 15.5. The fraction of sp³-hybridized carbons (Fsp3) is 0.429. The number of carbonyl (C=O) groups is 2. The fourth-order valence-electron chi connectivity index (χ4n) is 5.35. The highest BCUT2D eigenvalue weighted by Gasteiger charge is 2.50. The van der Waals surface area contributed by atoms with Crippen LogP contribution in [-0.2, 0) is 20.7 Å². The number of hydrogen-bond acceptors (Lipinski definition) is 4. The van der Waals surface area contributed by atoms with Crippen molar-refractivity contribution >= 4 is 22.8 Å². The summed E-state index contributed by atoms with van der Waals surface area (Å²) in [5.74, 6) is -2.00. The molecule has 1 fully saturated rings. The van der Waals surface area contributed by atoms with Crippen molar-refractivity contribution in [1.82, 2.24) is 9.88 Å². The number of nitrogens with one attached hydrogen (secondary N) is 1. The Kier molecular flexibility index (Phi) is 3.77. The van der Waals surface area contributed by atoms with Crippen molar-refractivity contribution in [2.75, 3.05) is 6.54 Å². The van der Waals surface area contributed by atoms with Crippen molar-refractivity contribution in [2.24, 2.45) is 11.8 Å². The minimum atomic E-state index is -0.960. The van der Waals surface area contributed by atoms with Crippen LogP contribution in [0.15, 0.2) is 36.1 Å². The summed E-state index contributed by atoms with van der Waals surface area (Å²) in [6.07, 6.45) is 2.25. The van der Waals surface area contributed by atoms with Gasteiger partial charge in [-0.15, -0.1) is 0 Å². The Bertz CT molecular complexity index is 1010. The van der Waals surface area contributed by atoms with Gasteiger partial charge in [0.15, 0.2) is 0 Å². The number of nitrogens with zero attached hydrogens (tertiary/aromatic N) is 1. The summed E-state index contributed by atoms with van der Waals surface area (Å²) < 4.78 is 5.59. The van der Waals surface area contributed by atoms with E-state index in [0.717, 1.165) is 22.2 Å². The Balaban J connectivity index is 1.63. The molecule has 0 radical (unpaired) electrons. The van der Waals surface area contributed by atoms with Crippen molar-refractivity contribution in [3.05, 3.63) is 47.4 Å². The van der Waals surface area contributed by atoms with Crippen LogP contribution in [0.25, 0.3) is 10.9 Å². The number of aromatic amines is 1. The molecule has 1 aromatic carbocycles. The molecule has 0 bridgehead atoms. The van der Waals surface area contributed by atoms with Crippen LogP contribution in [0.3, 0.4) is 0 Å². The fourth-order valence-corrected chi connectivity index (χ4v) is 5.35. The molecule has 0 saturated carbocycles. The standard InChI is InChI=1S/C21H22N2O5/c1-10-14-8-23-17(6-12(14)15(9-28-10)20(24)25)19-13(7-18(23)21(26)27)11-4-2-3-5-16(11)22-19/h2-5,9-10,12,14,17-18,22H,6-8H2,1H3,(H,24,25)(H,26,27)/t10-,12-,14-,17-,18-/m0/s1. The summed E-state index contributed by atoms with van der Waals surface area (Å²) in [5.41, 5.74) is 3.36. The molecule has 146 valence electrons. The maximum absolute atomic E-state index is 12.1. The first kappa shape index (κ1) is 17.3. The van der Waals surface area contributed by atoms with Gasteiger partial charge in [-0.25, -0.2) is 4.79 Å². The van der Waals surface area contributed by atoms with Crippen LogP contribution >= 0.6 is 0 Å². The Morgan fingerprint density at radius 2 is 2.04 bits per heavy atom. The van der Waals surface area contributed by atoms with E-state index in [1.165, 1.54) is 6.26 Å². The zero-order valence-corrected chi connectivity index (χ0v) is 15.5. The molecule has 5 rings (SSSR count). The van der Waals surface area contributed by atoms with Crippen molar-refractivity contribution in [3.8, 4) is 0 Å². The van der Waals surface area contributed by atoms with Gasteiger partial charge in [0.05, 0.1) is 24.0 Å². The van der Waals surface area contributed by atoms with Gasteiger partial charge in [0, 0.05) is 41.4 Å². The van der Waals surface area contributed by atoms with Gasteiger partial charge in [-0.2, -0.15) is 0 Å². The number of fused-ring (bicyclic) bond motifs is 6. The molecule has 7 nitrogen and oxygen atoms in total. The van der Waals surface area contributed by atoms with Crippen LogP contribution in [0.1, 0.15) is 30.6 Å². The molecule has 5 atom stereocenters. The van der Waals surface area contributed by atoms with E-state index in [0.29, 0.717) is 19.4 Å². The van der Waals surface area contributed by atoms with Gasteiger partial charge >= 0.3 is 11.9 Å². The van der Waals surface area contributed by atoms with Crippen LogP contribution in [-0.4, -0.2) is 50.7 Å². The second-order valence-electron chi connectivity index (χ2n) is 8.06. The first-order valence-corrected chi connectivity index (χ1v) is 9.62. The molecular weight excluding hydrogens is 360 g/mol. The molecule has 0 aliphatic carbocycles. The highest BCUT2D eigenvalue weighted by atomic mass is 16.5. The molecule has 0 amide bonds. The minimum Gasteiger partial charge on any atom is -0.497 e. The van der Waals surface area contributed by atoms with Crippen LogP contribution in [0.4, 0.5) is 0 Å². The number of aromatic nitrogens is 1. The molecule has 28 heavy (non-hydrogen) atoms. The lowest BCUT2D eigenvalue weighted by molar-refractivity contribution is -0.149. The van der Waals surface area contributed by atoms with Crippen molar-refractivity contribution < 1.29 is 24.5 Å². The molecule has 3 aliphatic rings. The third kappa shape index (κ3) is 2.39. The van der Waals surface area contributed by atoms with Gasteiger partial charge in [-0.3, -0.25) is 9.69 Å². The summed E-state index contributed by atoms with van der Waals surface area (Å²) in [5, 5.41) is 20.6. The topological polar surface area (TPSA) is 103 Å². The first-order valence-electron chi connectivity index (χ1n) is 9.62. The Morgan fingerprint density at radius 1 is 1.25 bits per heavy atom. The van der Waals surface area contributed by atoms with Crippen LogP contribution < -0.4 is 0 Å². The molecule has 0 spiro atoms. The minimum absolute atomic E-state index is 0.0415. The number of carboxylic acid groups (broad SMARTS) is 2. The van der Waals surface area contributed by atoms with E-state index in [4.69, 9.17) is 4.74 Å². The lowest BCUT2D eigenvalue weighted by atomic mass is 9.71. The number of aliphatic carboxylic acids is 2. The maximum atomic E-state index is 12.1. The van der Waals surface area contributed by atoms with Crippen molar-refractivity contribution in [2.45, 2.75) is 38.0 Å². The van der Waals surface area contributed by atoms with E-state index in [1.54, 1.807) is 0 Å². The second kappa shape index (κ2) is 6.10. The summed E-state index contributed by atoms with van der Waals surface area (Å²) in [6, 6.07) is 7.17. The Morgan fingerprint density at radius 3 is 2.79 bits per heavy atom. The molecule has 4 heterocycles. The number of para-hydroxylation sites is 1. The van der Waals surface area contributed by atoms with E-state index >= 15 is 0 Å². The molecular formula is C21H22N2O5. The zero-order chi connectivity index (χ0) is 19.6. The number of rotatable bonds is 2. The van der Waals surface area contributed by atoms with Crippen LogP contribution in [0, 0.1) is 11.8 Å². The van der Waals surface area contributed by atoms with Crippen molar-refractivity contribution in [3.63, 3.8) is 0 Å². The van der Waals surface area contributed by atoms with E-state index in [1.807, 2.05) is 36.1 Å². The van der Waals surface area contributed by atoms with Crippen molar-refractivity contribution in [1.29, 1.82) is 0 Å². The normalized spacial score (nSPS) is 31.9. The molecule has 3 N–H and O–H groups in total. The van der Waals surface area contributed by atoms with E-state index in [-0.39, 0.29) is 29.6 Å². The number of benzene rings is 1. The average Bonchev–Trinajstić information content (AvgIpc) is 3.05.